The maximum absolute atomic E-state index is 11.7. The molecule has 7 heteroatoms. The Morgan fingerprint density at radius 2 is 2.04 bits per heavy atom. The van der Waals surface area contributed by atoms with Gasteiger partial charge >= 0.3 is 5.97 Å². The Morgan fingerprint density at radius 1 is 1.21 bits per heavy atom. The molecule has 3 heterocycles. The van der Waals surface area contributed by atoms with Crippen molar-refractivity contribution in [1.82, 2.24) is 14.8 Å². The van der Waals surface area contributed by atoms with E-state index in [1.54, 1.807) is 10.7 Å². The number of pyridine rings is 1. The summed E-state index contributed by atoms with van der Waals surface area (Å²) in [4.78, 5) is 16.1. The van der Waals surface area contributed by atoms with Crippen molar-refractivity contribution in [2.75, 3.05) is 0 Å². The van der Waals surface area contributed by atoms with Crippen molar-refractivity contribution < 1.29 is 19.1 Å². The standard InChI is InChI=1S/C21H17N3O4/c25-21(26)16-11-17(28-15-9-10-27-12-15)18-19(13-5-4-6-13)23-24(20(18)22-16)14-7-2-1-3-8-14/h1-3,7-13H,4-6H2,(H,25,26). The van der Waals surface area contributed by atoms with E-state index in [0.29, 0.717) is 23.1 Å². The van der Waals surface area contributed by atoms with Gasteiger partial charge in [-0.25, -0.2) is 14.5 Å². The topological polar surface area (TPSA) is 90.4 Å². The van der Waals surface area contributed by atoms with Crippen LogP contribution in [0.2, 0.25) is 0 Å². The van der Waals surface area contributed by atoms with E-state index >= 15 is 0 Å². The molecule has 5 rings (SSSR count). The molecule has 1 N–H and O–H groups in total. The van der Waals surface area contributed by atoms with Gasteiger partial charge in [0.2, 0.25) is 0 Å². The summed E-state index contributed by atoms with van der Waals surface area (Å²) in [7, 11) is 0. The number of benzene rings is 1. The highest BCUT2D eigenvalue weighted by Crippen LogP contribution is 2.43. The molecule has 1 aromatic carbocycles. The summed E-state index contributed by atoms with van der Waals surface area (Å²) in [6.07, 6.45) is 6.23. The molecule has 0 spiro atoms. The number of carboxylic acids is 1. The summed E-state index contributed by atoms with van der Waals surface area (Å²) in [5.41, 5.74) is 2.10. The molecule has 1 aliphatic carbocycles. The number of carboxylic acid groups (broad SMARTS) is 1. The van der Waals surface area contributed by atoms with Gasteiger partial charge in [-0.15, -0.1) is 0 Å². The summed E-state index contributed by atoms with van der Waals surface area (Å²) in [5.74, 6) is 0.116. The Labute approximate surface area is 160 Å². The first-order valence-corrected chi connectivity index (χ1v) is 9.13. The fourth-order valence-corrected chi connectivity index (χ4v) is 3.45. The second-order valence-electron chi connectivity index (χ2n) is 6.83. The number of carbonyl (C=O) groups is 1. The summed E-state index contributed by atoms with van der Waals surface area (Å²) < 4.78 is 12.8. The minimum absolute atomic E-state index is 0.0942. The number of furan rings is 1. The van der Waals surface area contributed by atoms with E-state index < -0.39 is 5.97 Å². The predicted octanol–water partition coefficient (Wildman–Crippen LogP) is 4.77. The largest absolute Gasteiger partial charge is 0.477 e. The van der Waals surface area contributed by atoms with Crippen LogP contribution in [0.3, 0.4) is 0 Å². The lowest BCUT2D eigenvalue weighted by Gasteiger charge is -2.23. The Hall–Kier alpha value is -3.61. The number of nitrogens with zero attached hydrogens (tertiary/aromatic N) is 3. The van der Waals surface area contributed by atoms with Crippen LogP contribution in [0.15, 0.2) is 59.4 Å². The Bertz CT molecular complexity index is 1150. The van der Waals surface area contributed by atoms with Crippen LogP contribution in [0, 0.1) is 0 Å². The Balaban J connectivity index is 1.79. The van der Waals surface area contributed by atoms with Crippen LogP contribution in [0.5, 0.6) is 11.5 Å². The molecule has 0 unspecified atom stereocenters. The van der Waals surface area contributed by atoms with Gasteiger partial charge in [0.15, 0.2) is 17.1 Å². The summed E-state index contributed by atoms with van der Waals surface area (Å²) in [6, 6.07) is 12.7. The summed E-state index contributed by atoms with van der Waals surface area (Å²) >= 11 is 0. The first-order valence-electron chi connectivity index (χ1n) is 9.13. The minimum atomic E-state index is -1.12. The molecule has 140 valence electrons. The quantitative estimate of drug-likeness (QED) is 0.540. The van der Waals surface area contributed by atoms with Crippen molar-refractivity contribution in [2.24, 2.45) is 0 Å². The second kappa shape index (κ2) is 6.53. The molecule has 0 radical (unpaired) electrons. The second-order valence-corrected chi connectivity index (χ2v) is 6.83. The molecule has 1 fully saturated rings. The van der Waals surface area contributed by atoms with E-state index in [0.717, 1.165) is 36.0 Å². The van der Waals surface area contributed by atoms with Crippen LogP contribution in [0.1, 0.15) is 41.4 Å². The predicted molar refractivity (Wildman–Crippen MR) is 101 cm³/mol. The normalized spacial score (nSPS) is 14.1. The van der Waals surface area contributed by atoms with E-state index in [9.17, 15) is 9.90 Å². The van der Waals surface area contributed by atoms with Gasteiger partial charge in [0.25, 0.3) is 0 Å². The summed E-state index contributed by atoms with van der Waals surface area (Å²) in [6.45, 7) is 0. The minimum Gasteiger partial charge on any atom is -0.477 e. The molecular weight excluding hydrogens is 358 g/mol. The maximum atomic E-state index is 11.7. The van der Waals surface area contributed by atoms with Crippen LogP contribution in [-0.2, 0) is 0 Å². The van der Waals surface area contributed by atoms with Gasteiger partial charge in [-0.1, -0.05) is 24.6 Å². The number of para-hydroxylation sites is 1. The van der Waals surface area contributed by atoms with Crippen molar-refractivity contribution in [2.45, 2.75) is 25.2 Å². The van der Waals surface area contributed by atoms with Crippen molar-refractivity contribution in [3.05, 3.63) is 66.4 Å². The zero-order valence-electron chi connectivity index (χ0n) is 14.9. The number of fused-ring (bicyclic) bond motifs is 1. The molecule has 0 bridgehead atoms. The third-order valence-corrected chi connectivity index (χ3v) is 5.06. The zero-order chi connectivity index (χ0) is 19.1. The number of aromatic carboxylic acids is 1. The van der Waals surface area contributed by atoms with Gasteiger partial charge in [-0.2, -0.15) is 5.10 Å². The molecule has 1 saturated carbocycles. The number of hydrogen-bond donors (Lipinski definition) is 1. The highest BCUT2D eigenvalue weighted by atomic mass is 16.5. The molecule has 7 nitrogen and oxygen atoms in total. The van der Waals surface area contributed by atoms with E-state index in [-0.39, 0.29) is 5.69 Å². The number of rotatable bonds is 5. The lowest BCUT2D eigenvalue weighted by atomic mass is 9.82. The van der Waals surface area contributed by atoms with Crippen LogP contribution in [0.4, 0.5) is 0 Å². The number of ether oxygens (including phenoxy) is 1. The van der Waals surface area contributed by atoms with Crippen LogP contribution < -0.4 is 4.74 Å². The van der Waals surface area contributed by atoms with Crippen LogP contribution in [0.25, 0.3) is 16.7 Å². The van der Waals surface area contributed by atoms with Gasteiger partial charge in [0.1, 0.15) is 12.0 Å². The lowest BCUT2D eigenvalue weighted by molar-refractivity contribution is 0.0690. The Morgan fingerprint density at radius 3 is 2.68 bits per heavy atom. The van der Waals surface area contributed by atoms with Crippen molar-refractivity contribution in [1.29, 1.82) is 0 Å². The third kappa shape index (κ3) is 2.72. The fourth-order valence-electron chi connectivity index (χ4n) is 3.45. The molecule has 4 aromatic rings. The van der Waals surface area contributed by atoms with Crippen molar-refractivity contribution in [3.8, 4) is 17.2 Å². The molecule has 3 aromatic heterocycles. The third-order valence-electron chi connectivity index (χ3n) is 5.06. The number of hydrogen-bond acceptors (Lipinski definition) is 5. The van der Waals surface area contributed by atoms with Gasteiger partial charge in [-0.3, -0.25) is 0 Å². The zero-order valence-corrected chi connectivity index (χ0v) is 14.9. The maximum Gasteiger partial charge on any atom is 0.354 e. The molecule has 1 aliphatic rings. The molecule has 0 aliphatic heterocycles. The van der Waals surface area contributed by atoms with Gasteiger partial charge in [-0.05, 0) is 25.0 Å². The van der Waals surface area contributed by atoms with Gasteiger partial charge < -0.3 is 14.3 Å². The van der Waals surface area contributed by atoms with Crippen LogP contribution in [-0.4, -0.2) is 25.8 Å². The fraction of sp³-hybridized carbons (Fsp3) is 0.190. The SMILES string of the molecule is O=C(O)c1cc(Oc2ccoc2)c2c(C3CCC3)nn(-c3ccccc3)c2n1. The molecule has 0 saturated heterocycles. The van der Waals surface area contributed by atoms with Gasteiger partial charge in [0, 0.05) is 18.1 Å². The van der Waals surface area contributed by atoms with E-state index in [2.05, 4.69) is 4.98 Å². The summed E-state index contributed by atoms with van der Waals surface area (Å²) in [5, 5.41) is 15.1. The average molecular weight is 375 g/mol. The monoisotopic (exact) mass is 375 g/mol. The van der Waals surface area contributed by atoms with E-state index in [1.807, 2.05) is 30.3 Å². The highest BCUT2D eigenvalue weighted by Gasteiger charge is 2.29. The van der Waals surface area contributed by atoms with Crippen molar-refractivity contribution >= 4 is 17.0 Å². The first-order chi connectivity index (χ1) is 13.7. The average Bonchev–Trinajstić information content (AvgIpc) is 3.29. The van der Waals surface area contributed by atoms with Crippen LogP contribution >= 0.6 is 0 Å². The van der Waals surface area contributed by atoms with E-state index in [1.165, 1.54) is 18.6 Å². The van der Waals surface area contributed by atoms with Gasteiger partial charge in [0.05, 0.1) is 23.0 Å². The molecule has 0 atom stereocenters. The Kier molecular flexibility index (Phi) is 3.86. The highest BCUT2D eigenvalue weighted by molar-refractivity contribution is 5.94. The molecule has 0 amide bonds. The molecule has 28 heavy (non-hydrogen) atoms. The first kappa shape index (κ1) is 16.6. The number of aromatic nitrogens is 3. The lowest BCUT2D eigenvalue weighted by Crippen LogP contribution is -2.10. The van der Waals surface area contributed by atoms with Crippen molar-refractivity contribution in [3.63, 3.8) is 0 Å². The molecular formula is C21H17N3O4. The smallest absolute Gasteiger partial charge is 0.354 e. The van der Waals surface area contributed by atoms with E-state index in [4.69, 9.17) is 14.3 Å².